The number of aromatic nitrogens is 2. The van der Waals surface area contributed by atoms with E-state index in [0.29, 0.717) is 5.69 Å². The SMILES string of the molecule is O=C(NC(Cc1cccnn1)C(=O)O)OCc1ccccc1. The van der Waals surface area contributed by atoms with Crippen LogP contribution in [0.5, 0.6) is 0 Å². The predicted molar refractivity (Wildman–Crippen MR) is 76.9 cm³/mol. The second kappa shape index (κ2) is 7.72. The minimum atomic E-state index is -1.16. The zero-order chi connectivity index (χ0) is 15.8. The molecule has 114 valence electrons. The quantitative estimate of drug-likeness (QED) is 0.836. The number of nitrogens with one attached hydrogen (secondary N) is 1. The van der Waals surface area contributed by atoms with Crippen molar-refractivity contribution in [3.05, 3.63) is 59.9 Å². The molecule has 1 amide bonds. The fraction of sp³-hybridized carbons (Fsp3) is 0.200. The number of nitrogens with zero attached hydrogens (tertiary/aromatic N) is 2. The highest BCUT2D eigenvalue weighted by atomic mass is 16.5. The molecule has 0 saturated heterocycles. The van der Waals surface area contributed by atoms with Crippen LogP contribution in [-0.2, 0) is 22.6 Å². The number of rotatable bonds is 6. The molecule has 1 atom stereocenters. The number of hydrogen-bond acceptors (Lipinski definition) is 5. The standard InChI is InChI=1S/C15H15N3O4/c19-14(20)13(9-12-7-4-8-16-18-12)17-15(21)22-10-11-5-2-1-3-6-11/h1-8,13H,9-10H2,(H,17,21)(H,19,20). The van der Waals surface area contributed by atoms with E-state index in [4.69, 9.17) is 9.84 Å². The molecule has 0 aliphatic carbocycles. The van der Waals surface area contributed by atoms with Gasteiger partial charge in [0.15, 0.2) is 0 Å². The van der Waals surface area contributed by atoms with Gasteiger partial charge in [-0.25, -0.2) is 9.59 Å². The van der Waals surface area contributed by atoms with E-state index in [1.807, 2.05) is 30.3 Å². The first-order chi connectivity index (χ1) is 10.6. The Morgan fingerprint density at radius 2 is 1.95 bits per heavy atom. The highest BCUT2D eigenvalue weighted by molar-refractivity contribution is 5.80. The molecule has 0 spiro atoms. The summed E-state index contributed by atoms with van der Waals surface area (Å²) >= 11 is 0. The molecule has 0 aliphatic rings. The van der Waals surface area contributed by atoms with Crippen molar-refractivity contribution in [1.29, 1.82) is 0 Å². The number of carboxylic acid groups (broad SMARTS) is 1. The number of carboxylic acids is 1. The van der Waals surface area contributed by atoms with E-state index in [-0.39, 0.29) is 13.0 Å². The summed E-state index contributed by atoms with van der Waals surface area (Å²) < 4.78 is 5.00. The maximum absolute atomic E-state index is 11.7. The molecule has 0 bridgehead atoms. The van der Waals surface area contributed by atoms with Crippen LogP contribution < -0.4 is 5.32 Å². The van der Waals surface area contributed by atoms with Gasteiger partial charge in [-0.3, -0.25) is 0 Å². The Labute approximate surface area is 127 Å². The molecule has 1 unspecified atom stereocenters. The molecule has 0 radical (unpaired) electrons. The van der Waals surface area contributed by atoms with E-state index in [0.717, 1.165) is 5.56 Å². The monoisotopic (exact) mass is 301 g/mol. The number of benzene rings is 1. The number of hydrogen-bond donors (Lipinski definition) is 2. The minimum absolute atomic E-state index is 0.0314. The Bertz CT molecular complexity index is 619. The number of alkyl carbamates (subject to hydrolysis) is 1. The van der Waals surface area contributed by atoms with Crippen molar-refractivity contribution in [3.8, 4) is 0 Å². The summed E-state index contributed by atoms with van der Waals surface area (Å²) in [7, 11) is 0. The smallest absolute Gasteiger partial charge is 0.408 e. The maximum Gasteiger partial charge on any atom is 0.408 e. The van der Waals surface area contributed by atoms with Crippen molar-refractivity contribution >= 4 is 12.1 Å². The van der Waals surface area contributed by atoms with Gasteiger partial charge in [0.25, 0.3) is 0 Å². The molecule has 1 aromatic heterocycles. The van der Waals surface area contributed by atoms with Gasteiger partial charge in [-0.05, 0) is 17.7 Å². The lowest BCUT2D eigenvalue weighted by atomic mass is 10.1. The van der Waals surface area contributed by atoms with E-state index < -0.39 is 18.1 Å². The molecule has 7 nitrogen and oxygen atoms in total. The first kappa shape index (κ1) is 15.4. The lowest BCUT2D eigenvalue weighted by Crippen LogP contribution is -2.42. The molecule has 2 aromatic rings. The predicted octanol–water partition coefficient (Wildman–Crippen LogP) is 1.40. The van der Waals surface area contributed by atoms with E-state index in [1.54, 1.807) is 12.1 Å². The first-order valence-electron chi connectivity index (χ1n) is 6.62. The second-order valence-corrected chi connectivity index (χ2v) is 4.52. The average Bonchev–Trinajstić information content (AvgIpc) is 2.54. The Hall–Kier alpha value is -2.96. The third kappa shape index (κ3) is 4.86. The van der Waals surface area contributed by atoms with Crippen molar-refractivity contribution in [2.24, 2.45) is 0 Å². The van der Waals surface area contributed by atoms with Crippen LogP contribution in [0.2, 0.25) is 0 Å². The average molecular weight is 301 g/mol. The van der Waals surface area contributed by atoms with Gasteiger partial charge < -0.3 is 15.2 Å². The van der Waals surface area contributed by atoms with Gasteiger partial charge in [0.1, 0.15) is 12.6 Å². The fourth-order valence-electron chi connectivity index (χ4n) is 1.76. The molecule has 1 aromatic carbocycles. The van der Waals surface area contributed by atoms with Crippen LogP contribution in [0.25, 0.3) is 0 Å². The molecular weight excluding hydrogens is 286 g/mol. The van der Waals surface area contributed by atoms with E-state index in [1.165, 1.54) is 6.20 Å². The van der Waals surface area contributed by atoms with Crippen molar-refractivity contribution in [3.63, 3.8) is 0 Å². The van der Waals surface area contributed by atoms with Gasteiger partial charge in [0, 0.05) is 12.6 Å². The van der Waals surface area contributed by atoms with Crippen LogP contribution >= 0.6 is 0 Å². The van der Waals surface area contributed by atoms with Crippen LogP contribution in [0.15, 0.2) is 48.7 Å². The van der Waals surface area contributed by atoms with Gasteiger partial charge in [0.05, 0.1) is 5.69 Å². The largest absolute Gasteiger partial charge is 0.480 e. The van der Waals surface area contributed by atoms with Gasteiger partial charge in [-0.15, -0.1) is 0 Å². The van der Waals surface area contributed by atoms with Crippen molar-refractivity contribution in [2.75, 3.05) is 0 Å². The number of aliphatic carboxylic acids is 1. The lowest BCUT2D eigenvalue weighted by Gasteiger charge is -2.14. The van der Waals surface area contributed by atoms with Crippen molar-refractivity contribution in [1.82, 2.24) is 15.5 Å². The Balaban J connectivity index is 1.88. The number of ether oxygens (including phenoxy) is 1. The molecule has 0 saturated carbocycles. The summed E-state index contributed by atoms with van der Waals surface area (Å²) in [6.45, 7) is 0.0736. The fourth-order valence-corrected chi connectivity index (χ4v) is 1.76. The number of carbonyl (C=O) groups excluding carboxylic acids is 1. The molecule has 2 rings (SSSR count). The van der Waals surface area contributed by atoms with Crippen molar-refractivity contribution < 1.29 is 19.4 Å². The Morgan fingerprint density at radius 3 is 2.59 bits per heavy atom. The molecule has 1 heterocycles. The third-order valence-electron chi connectivity index (χ3n) is 2.84. The van der Waals surface area contributed by atoms with Crippen LogP contribution in [0.3, 0.4) is 0 Å². The van der Waals surface area contributed by atoms with Crippen LogP contribution in [0.4, 0.5) is 4.79 Å². The summed E-state index contributed by atoms with van der Waals surface area (Å²) in [5.41, 5.74) is 1.29. The van der Waals surface area contributed by atoms with Gasteiger partial charge in [0.2, 0.25) is 0 Å². The summed E-state index contributed by atoms with van der Waals surface area (Å²) in [5.74, 6) is -1.16. The van der Waals surface area contributed by atoms with Crippen LogP contribution in [-0.4, -0.2) is 33.4 Å². The van der Waals surface area contributed by atoms with E-state index in [9.17, 15) is 9.59 Å². The van der Waals surface area contributed by atoms with Crippen LogP contribution in [0, 0.1) is 0 Å². The summed E-state index contributed by atoms with van der Waals surface area (Å²) in [4.78, 5) is 22.9. The number of amides is 1. The molecular formula is C15H15N3O4. The molecule has 2 N–H and O–H groups in total. The zero-order valence-electron chi connectivity index (χ0n) is 11.7. The first-order valence-corrected chi connectivity index (χ1v) is 6.62. The lowest BCUT2D eigenvalue weighted by molar-refractivity contribution is -0.139. The normalized spacial score (nSPS) is 11.5. The highest BCUT2D eigenvalue weighted by Crippen LogP contribution is 2.02. The molecule has 0 aliphatic heterocycles. The molecule has 7 heteroatoms. The topological polar surface area (TPSA) is 101 Å². The summed E-state index contributed by atoms with van der Waals surface area (Å²) in [6, 6.07) is 11.3. The third-order valence-corrected chi connectivity index (χ3v) is 2.84. The maximum atomic E-state index is 11.7. The zero-order valence-corrected chi connectivity index (χ0v) is 11.7. The van der Waals surface area contributed by atoms with E-state index in [2.05, 4.69) is 15.5 Å². The second-order valence-electron chi connectivity index (χ2n) is 4.52. The molecule has 0 fully saturated rings. The summed E-state index contributed by atoms with van der Waals surface area (Å²) in [5, 5.41) is 18.9. The highest BCUT2D eigenvalue weighted by Gasteiger charge is 2.21. The van der Waals surface area contributed by atoms with Gasteiger partial charge >= 0.3 is 12.1 Å². The molecule has 22 heavy (non-hydrogen) atoms. The summed E-state index contributed by atoms with van der Waals surface area (Å²) in [6.07, 6.45) is 0.727. The van der Waals surface area contributed by atoms with Crippen molar-refractivity contribution in [2.45, 2.75) is 19.1 Å². The van der Waals surface area contributed by atoms with Crippen LogP contribution in [0.1, 0.15) is 11.3 Å². The van der Waals surface area contributed by atoms with Gasteiger partial charge in [-0.2, -0.15) is 10.2 Å². The number of carbonyl (C=O) groups is 2. The Kier molecular flexibility index (Phi) is 5.42. The van der Waals surface area contributed by atoms with E-state index >= 15 is 0 Å². The minimum Gasteiger partial charge on any atom is -0.480 e. The van der Waals surface area contributed by atoms with Gasteiger partial charge in [-0.1, -0.05) is 30.3 Å². The Morgan fingerprint density at radius 1 is 1.18 bits per heavy atom.